The molecule has 0 fully saturated rings. The first kappa shape index (κ1) is 23.6. The zero-order valence-electron chi connectivity index (χ0n) is 20.4. The van der Waals surface area contributed by atoms with Gasteiger partial charge in [-0.15, -0.1) is 0 Å². The summed E-state index contributed by atoms with van der Waals surface area (Å²) in [6.07, 6.45) is 2.95. The molecule has 2 aromatic carbocycles. The highest BCUT2D eigenvalue weighted by atomic mass is 16.5. The van der Waals surface area contributed by atoms with Gasteiger partial charge in [-0.05, 0) is 66.3 Å². The van der Waals surface area contributed by atoms with Crippen molar-refractivity contribution in [1.82, 2.24) is 9.47 Å². The fourth-order valence-electron chi connectivity index (χ4n) is 4.41. The standard InChI is InChI=1S/C28H33N3O3/c1-5-34-26(32)21-11-15-23(16-12-21)29-27(33)31-19-7-18-30-17-6-8-24(30)25(31)20-9-13-22(14-10-20)28(2,3)4/h6,8-17,25H,5,7,18-19H2,1-4H3,(H,29,33). The second-order valence-corrected chi connectivity index (χ2v) is 9.68. The van der Waals surface area contributed by atoms with Crippen molar-refractivity contribution < 1.29 is 14.3 Å². The van der Waals surface area contributed by atoms with Crippen molar-refractivity contribution in [2.24, 2.45) is 0 Å². The van der Waals surface area contributed by atoms with Gasteiger partial charge in [0.15, 0.2) is 0 Å². The number of rotatable bonds is 4. The summed E-state index contributed by atoms with van der Waals surface area (Å²) in [5.41, 5.74) is 4.62. The highest BCUT2D eigenvalue weighted by Crippen LogP contribution is 2.34. The van der Waals surface area contributed by atoms with E-state index in [1.54, 1.807) is 31.2 Å². The second-order valence-electron chi connectivity index (χ2n) is 9.68. The van der Waals surface area contributed by atoms with Crippen LogP contribution in [0.4, 0.5) is 10.5 Å². The van der Waals surface area contributed by atoms with Crippen LogP contribution in [0.25, 0.3) is 0 Å². The summed E-state index contributed by atoms with van der Waals surface area (Å²) in [5, 5.41) is 3.02. The average Bonchev–Trinajstić information content (AvgIpc) is 3.19. The van der Waals surface area contributed by atoms with E-state index in [4.69, 9.17) is 4.74 Å². The molecule has 1 unspecified atom stereocenters. The van der Waals surface area contributed by atoms with Gasteiger partial charge in [-0.1, -0.05) is 45.0 Å². The van der Waals surface area contributed by atoms with E-state index < -0.39 is 0 Å². The molecular formula is C28H33N3O3. The van der Waals surface area contributed by atoms with E-state index in [-0.39, 0.29) is 23.5 Å². The molecule has 2 amide bonds. The highest BCUT2D eigenvalue weighted by molar-refractivity contribution is 5.92. The molecular weight excluding hydrogens is 426 g/mol. The first-order valence-electron chi connectivity index (χ1n) is 11.9. The third-order valence-corrected chi connectivity index (χ3v) is 6.26. The number of nitrogens with zero attached hydrogens (tertiary/aromatic N) is 2. The summed E-state index contributed by atoms with van der Waals surface area (Å²) >= 11 is 0. The molecule has 4 rings (SSSR count). The average molecular weight is 460 g/mol. The molecule has 6 nitrogen and oxygen atoms in total. The van der Waals surface area contributed by atoms with E-state index >= 15 is 0 Å². The molecule has 34 heavy (non-hydrogen) atoms. The number of carbonyl (C=O) groups is 2. The maximum Gasteiger partial charge on any atom is 0.338 e. The minimum Gasteiger partial charge on any atom is -0.462 e. The Hall–Kier alpha value is -3.54. The largest absolute Gasteiger partial charge is 0.462 e. The number of urea groups is 1. The summed E-state index contributed by atoms with van der Waals surface area (Å²) in [5.74, 6) is -0.368. The molecule has 0 saturated carbocycles. The smallest absolute Gasteiger partial charge is 0.338 e. The van der Waals surface area contributed by atoms with Gasteiger partial charge >= 0.3 is 12.0 Å². The predicted octanol–water partition coefficient (Wildman–Crippen LogP) is 5.99. The Morgan fingerprint density at radius 3 is 2.35 bits per heavy atom. The predicted molar refractivity (Wildman–Crippen MR) is 134 cm³/mol. The number of hydrogen-bond donors (Lipinski definition) is 1. The van der Waals surface area contributed by atoms with Crippen LogP contribution in [0.15, 0.2) is 66.9 Å². The number of hydrogen-bond acceptors (Lipinski definition) is 3. The van der Waals surface area contributed by atoms with Crippen LogP contribution in [-0.2, 0) is 16.7 Å². The lowest BCUT2D eigenvalue weighted by atomic mass is 9.86. The quantitative estimate of drug-likeness (QED) is 0.488. The summed E-state index contributed by atoms with van der Waals surface area (Å²) < 4.78 is 7.28. The molecule has 0 aliphatic carbocycles. The molecule has 2 heterocycles. The molecule has 1 atom stereocenters. The third kappa shape index (κ3) is 5.01. The van der Waals surface area contributed by atoms with Crippen molar-refractivity contribution in [2.45, 2.75) is 52.1 Å². The van der Waals surface area contributed by atoms with Gasteiger partial charge in [0.1, 0.15) is 0 Å². The van der Waals surface area contributed by atoms with Gasteiger partial charge in [-0.25, -0.2) is 9.59 Å². The van der Waals surface area contributed by atoms with Gasteiger partial charge in [0.2, 0.25) is 0 Å². The lowest BCUT2D eigenvalue weighted by Gasteiger charge is -2.31. The van der Waals surface area contributed by atoms with E-state index in [0.29, 0.717) is 24.4 Å². The normalized spacial score (nSPS) is 15.9. The molecule has 0 radical (unpaired) electrons. The molecule has 0 saturated heterocycles. The Bertz CT molecular complexity index is 1140. The van der Waals surface area contributed by atoms with Gasteiger partial charge in [-0.2, -0.15) is 0 Å². The second kappa shape index (κ2) is 9.75. The Labute approximate surface area is 201 Å². The Morgan fingerprint density at radius 1 is 1.00 bits per heavy atom. The number of esters is 1. The van der Waals surface area contributed by atoms with Gasteiger partial charge in [0, 0.05) is 30.7 Å². The van der Waals surface area contributed by atoms with Crippen molar-refractivity contribution >= 4 is 17.7 Å². The minimum atomic E-state index is -0.368. The summed E-state index contributed by atoms with van der Waals surface area (Å²) in [6.45, 7) is 10.2. The van der Waals surface area contributed by atoms with E-state index in [2.05, 4.69) is 67.2 Å². The molecule has 3 aromatic rings. The van der Waals surface area contributed by atoms with Gasteiger partial charge in [0.25, 0.3) is 0 Å². The van der Waals surface area contributed by atoms with E-state index in [0.717, 1.165) is 24.2 Å². The maximum atomic E-state index is 13.5. The summed E-state index contributed by atoms with van der Waals surface area (Å²) in [7, 11) is 0. The monoisotopic (exact) mass is 459 g/mol. The van der Waals surface area contributed by atoms with Crippen molar-refractivity contribution in [3.05, 3.63) is 89.2 Å². The van der Waals surface area contributed by atoms with E-state index in [1.165, 1.54) is 5.56 Å². The number of anilines is 1. The molecule has 0 bridgehead atoms. The number of fused-ring (bicyclic) bond motifs is 1. The van der Waals surface area contributed by atoms with Crippen LogP contribution in [0.2, 0.25) is 0 Å². The van der Waals surface area contributed by atoms with Crippen LogP contribution < -0.4 is 5.32 Å². The fraction of sp³-hybridized carbons (Fsp3) is 0.357. The zero-order chi connectivity index (χ0) is 24.3. The Morgan fingerprint density at radius 2 is 1.71 bits per heavy atom. The van der Waals surface area contributed by atoms with Crippen LogP contribution in [-0.4, -0.2) is 34.6 Å². The van der Waals surface area contributed by atoms with Crippen LogP contribution in [0.1, 0.15) is 67.3 Å². The van der Waals surface area contributed by atoms with Crippen molar-refractivity contribution in [3.8, 4) is 0 Å². The number of ether oxygens (including phenoxy) is 1. The SMILES string of the molecule is CCOC(=O)c1ccc(NC(=O)N2CCCn3cccc3C2c2ccc(C(C)(C)C)cc2)cc1. The number of carbonyl (C=O) groups excluding carboxylic acids is 2. The molecule has 1 N–H and O–H groups in total. The maximum absolute atomic E-state index is 13.5. The summed E-state index contributed by atoms with van der Waals surface area (Å²) in [6, 6.07) is 19.2. The first-order valence-corrected chi connectivity index (χ1v) is 11.9. The molecule has 0 spiro atoms. The van der Waals surface area contributed by atoms with Crippen molar-refractivity contribution in [3.63, 3.8) is 0 Å². The summed E-state index contributed by atoms with van der Waals surface area (Å²) in [4.78, 5) is 27.3. The third-order valence-electron chi connectivity index (χ3n) is 6.26. The van der Waals surface area contributed by atoms with Gasteiger partial charge in [0.05, 0.1) is 18.2 Å². The van der Waals surface area contributed by atoms with Crippen LogP contribution in [0.5, 0.6) is 0 Å². The van der Waals surface area contributed by atoms with Crippen LogP contribution in [0, 0.1) is 0 Å². The Balaban J connectivity index is 1.61. The Kier molecular flexibility index (Phi) is 6.77. The highest BCUT2D eigenvalue weighted by Gasteiger charge is 2.31. The minimum absolute atomic E-state index is 0.0645. The lowest BCUT2D eigenvalue weighted by molar-refractivity contribution is 0.0526. The lowest BCUT2D eigenvalue weighted by Crippen LogP contribution is -2.38. The molecule has 6 heteroatoms. The fourth-order valence-corrected chi connectivity index (χ4v) is 4.41. The molecule has 1 aromatic heterocycles. The molecule has 1 aliphatic heterocycles. The molecule has 178 valence electrons. The number of nitrogens with one attached hydrogen (secondary N) is 1. The first-order chi connectivity index (χ1) is 16.3. The number of benzene rings is 2. The van der Waals surface area contributed by atoms with Crippen LogP contribution >= 0.6 is 0 Å². The number of amides is 2. The molecule has 1 aliphatic rings. The topological polar surface area (TPSA) is 63.6 Å². The van der Waals surface area contributed by atoms with Crippen LogP contribution in [0.3, 0.4) is 0 Å². The zero-order valence-corrected chi connectivity index (χ0v) is 20.4. The van der Waals surface area contributed by atoms with E-state index in [9.17, 15) is 9.59 Å². The van der Waals surface area contributed by atoms with Crippen molar-refractivity contribution in [2.75, 3.05) is 18.5 Å². The van der Waals surface area contributed by atoms with Crippen molar-refractivity contribution in [1.29, 1.82) is 0 Å². The van der Waals surface area contributed by atoms with Gasteiger partial charge < -0.3 is 19.5 Å². The number of aryl methyl sites for hydroxylation is 1. The van der Waals surface area contributed by atoms with Gasteiger partial charge in [-0.3, -0.25) is 0 Å². The van der Waals surface area contributed by atoms with E-state index in [1.807, 2.05) is 11.0 Å². The number of aromatic nitrogens is 1.